The number of carbonyl (C=O) groups is 2. The quantitative estimate of drug-likeness (QED) is 0.556. The fraction of sp³-hybridized carbons (Fsp3) is 0.423. The van der Waals surface area contributed by atoms with Crippen molar-refractivity contribution in [2.75, 3.05) is 24.5 Å². The lowest BCUT2D eigenvalue weighted by Crippen LogP contribution is -2.38. The molecule has 34 heavy (non-hydrogen) atoms. The Morgan fingerprint density at radius 3 is 2.71 bits per heavy atom. The molecular weight excluding hydrogens is 435 g/mol. The van der Waals surface area contributed by atoms with Crippen molar-refractivity contribution in [1.82, 2.24) is 14.5 Å². The van der Waals surface area contributed by atoms with E-state index in [2.05, 4.69) is 6.92 Å². The predicted molar refractivity (Wildman–Crippen MR) is 127 cm³/mol. The van der Waals surface area contributed by atoms with Crippen LogP contribution in [0.15, 0.2) is 48.5 Å². The molecule has 0 radical (unpaired) electrons. The Bertz CT molecular complexity index is 1210. The summed E-state index contributed by atoms with van der Waals surface area (Å²) in [7, 11) is 0. The van der Waals surface area contributed by atoms with Crippen LogP contribution >= 0.6 is 0 Å². The number of halogens is 1. The van der Waals surface area contributed by atoms with Crippen molar-refractivity contribution in [3.63, 3.8) is 0 Å². The van der Waals surface area contributed by atoms with Crippen molar-refractivity contribution in [3.8, 4) is 0 Å². The summed E-state index contributed by atoms with van der Waals surface area (Å²) in [5, 5.41) is 0. The van der Waals surface area contributed by atoms with Gasteiger partial charge in [0.15, 0.2) is 0 Å². The van der Waals surface area contributed by atoms with E-state index < -0.39 is 11.7 Å². The van der Waals surface area contributed by atoms with Crippen molar-refractivity contribution in [2.45, 2.75) is 51.2 Å². The fourth-order valence-corrected chi connectivity index (χ4v) is 5.07. The lowest BCUT2D eigenvalue weighted by molar-refractivity contribution is -0.131. The van der Waals surface area contributed by atoms with Gasteiger partial charge in [0.05, 0.1) is 17.6 Å². The summed E-state index contributed by atoms with van der Waals surface area (Å²) in [6, 6.07) is 13.8. The van der Waals surface area contributed by atoms with Crippen LogP contribution in [0.5, 0.6) is 0 Å². The van der Waals surface area contributed by atoms with Crippen LogP contribution < -0.4 is 4.90 Å². The first-order valence-electron chi connectivity index (χ1n) is 12.0. The lowest BCUT2D eigenvalue weighted by atomic mass is 9.95. The molecule has 2 saturated heterocycles. The zero-order valence-electron chi connectivity index (χ0n) is 19.4. The largest absolute Gasteiger partial charge is 0.441 e. The molecule has 1 spiro atoms. The molecular formula is C26H29FN4O3. The number of likely N-dealkylation sites (tertiary alicyclic amines) is 1. The molecule has 7 nitrogen and oxygen atoms in total. The van der Waals surface area contributed by atoms with Gasteiger partial charge in [0, 0.05) is 31.6 Å². The van der Waals surface area contributed by atoms with E-state index in [0.717, 1.165) is 36.1 Å². The molecule has 3 aromatic rings. The van der Waals surface area contributed by atoms with Crippen LogP contribution in [0.2, 0.25) is 0 Å². The zero-order chi connectivity index (χ0) is 23.7. The van der Waals surface area contributed by atoms with Crippen molar-refractivity contribution in [2.24, 2.45) is 0 Å². The molecule has 0 bridgehead atoms. The number of nitrogens with zero attached hydrogens (tertiary/aromatic N) is 4. The van der Waals surface area contributed by atoms with Crippen LogP contribution in [0.4, 0.5) is 14.9 Å². The highest BCUT2D eigenvalue weighted by atomic mass is 19.1. The average Bonchev–Trinajstić information content (AvgIpc) is 3.25. The molecule has 0 unspecified atom stereocenters. The number of rotatable bonds is 5. The minimum atomic E-state index is -0.629. The Morgan fingerprint density at radius 2 is 1.91 bits per heavy atom. The number of imidazole rings is 1. The topological polar surface area (TPSA) is 67.7 Å². The van der Waals surface area contributed by atoms with Gasteiger partial charge in [0.25, 0.3) is 0 Å². The molecule has 0 N–H and O–H groups in total. The first kappa shape index (κ1) is 22.4. The Morgan fingerprint density at radius 1 is 1.12 bits per heavy atom. The van der Waals surface area contributed by atoms with Gasteiger partial charge in [-0.1, -0.05) is 19.1 Å². The van der Waals surface area contributed by atoms with E-state index in [0.29, 0.717) is 38.2 Å². The molecule has 0 saturated carbocycles. The van der Waals surface area contributed by atoms with Gasteiger partial charge >= 0.3 is 6.09 Å². The summed E-state index contributed by atoms with van der Waals surface area (Å²) < 4.78 is 21.2. The van der Waals surface area contributed by atoms with Crippen LogP contribution in [0.3, 0.4) is 0 Å². The first-order valence-corrected chi connectivity index (χ1v) is 12.0. The van der Waals surface area contributed by atoms with E-state index in [4.69, 9.17) is 9.72 Å². The summed E-state index contributed by atoms with van der Waals surface area (Å²) >= 11 is 0. The number of anilines is 1. The monoisotopic (exact) mass is 464 g/mol. The van der Waals surface area contributed by atoms with Crippen molar-refractivity contribution < 1.29 is 18.7 Å². The third kappa shape index (κ3) is 4.24. The second-order valence-electron chi connectivity index (χ2n) is 9.20. The van der Waals surface area contributed by atoms with E-state index in [-0.39, 0.29) is 18.3 Å². The van der Waals surface area contributed by atoms with Crippen LogP contribution in [-0.2, 0) is 22.5 Å². The van der Waals surface area contributed by atoms with E-state index in [9.17, 15) is 14.0 Å². The van der Waals surface area contributed by atoms with E-state index in [1.54, 1.807) is 17.0 Å². The Hall–Kier alpha value is -3.42. The molecule has 178 valence electrons. The fourth-order valence-electron chi connectivity index (χ4n) is 5.07. The van der Waals surface area contributed by atoms with Gasteiger partial charge in [-0.3, -0.25) is 9.69 Å². The number of aryl methyl sites for hydroxylation is 1. The van der Waals surface area contributed by atoms with Crippen molar-refractivity contribution in [1.29, 1.82) is 0 Å². The highest BCUT2D eigenvalue weighted by Crippen LogP contribution is 2.36. The van der Waals surface area contributed by atoms with Crippen LogP contribution in [-0.4, -0.2) is 51.7 Å². The number of benzene rings is 2. The summed E-state index contributed by atoms with van der Waals surface area (Å²) in [6.07, 6.45) is 3.38. The van der Waals surface area contributed by atoms with Gasteiger partial charge < -0.3 is 14.2 Å². The highest BCUT2D eigenvalue weighted by molar-refractivity contribution is 5.90. The van der Waals surface area contributed by atoms with Crippen molar-refractivity contribution in [3.05, 3.63) is 60.2 Å². The standard InChI is InChI=1S/C26H29FN4O3/c1-2-6-23-28-21-7-3-4-8-22(21)30(23)17-24(32)29-15-5-13-26(14-16-29)18-31(25(33)34-26)20-11-9-19(27)10-12-20/h3-4,7-12H,2,5-6,13-18H2,1H3/t26-/m1/s1. The van der Waals surface area contributed by atoms with Crippen molar-refractivity contribution >= 4 is 28.7 Å². The number of carbonyl (C=O) groups excluding carboxylic acids is 2. The number of fused-ring (bicyclic) bond motifs is 1. The number of amides is 2. The molecule has 0 aliphatic carbocycles. The van der Waals surface area contributed by atoms with Gasteiger partial charge in [-0.25, -0.2) is 14.2 Å². The van der Waals surface area contributed by atoms with E-state index in [1.807, 2.05) is 33.7 Å². The minimum Gasteiger partial charge on any atom is -0.441 e. The smallest absolute Gasteiger partial charge is 0.415 e. The molecule has 5 rings (SSSR count). The summed E-state index contributed by atoms with van der Waals surface area (Å²) in [5.74, 6) is 0.641. The van der Waals surface area contributed by atoms with Crippen LogP contribution in [0, 0.1) is 5.82 Å². The SMILES string of the molecule is CCCc1nc2ccccc2n1CC(=O)N1CCC[C@@]2(CC1)CN(c1ccc(F)cc1)C(=O)O2. The maximum atomic E-state index is 13.3. The Kier molecular flexibility index (Phi) is 5.98. The molecule has 2 amide bonds. The maximum Gasteiger partial charge on any atom is 0.415 e. The van der Waals surface area contributed by atoms with Gasteiger partial charge in [-0.15, -0.1) is 0 Å². The molecule has 2 aromatic carbocycles. The molecule has 8 heteroatoms. The van der Waals surface area contributed by atoms with Gasteiger partial charge in [0.1, 0.15) is 23.8 Å². The normalized spacial score (nSPS) is 20.7. The highest BCUT2D eigenvalue weighted by Gasteiger charge is 2.46. The molecule has 3 heterocycles. The first-order chi connectivity index (χ1) is 16.5. The zero-order valence-corrected chi connectivity index (χ0v) is 19.4. The van der Waals surface area contributed by atoms with E-state index in [1.165, 1.54) is 12.1 Å². The predicted octanol–water partition coefficient (Wildman–Crippen LogP) is 4.54. The van der Waals surface area contributed by atoms with Crippen LogP contribution in [0.25, 0.3) is 11.0 Å². The molecule has 2 fully saturated rings. The van der Waals surface area contributed by atoms with Gasteiger partial charge in [0.2, 0.25) is 5.91 Å². The van der Waals surface area contributed by atoms with Gasteiger partial charge in [-0.2, -0.15) is 0 Å². The summed E-state index contributed by atoms with van der Waals surface area (Å²) in [5.41, 5.74) is 1.88. The second kappa shape index (κ2) is 9.08. The number of ether oxygens (including phenoxy) is 1. The molecule has 1 aromatic heterocycles. The average molecular weight is 465 g/mol. The Balaban J connectivity index is 1.29. The second-order valence-corrected chi connectivity index (χ2v) is 9.20. The number of hydrogen-bond acceptors (Lipinski definition) is 4. The minimum absolute atomic E-state index is 0.0530. The maximum absolute atomic E-state index is 13.3. The summed E-state index contributed by atoms with van der Waals surface area (Å²) in [4.78, 5) is 34.1. The molecule has 2 aliphatic rings. The Labute approximate surface area is 198 Å². The lowest BCUT2D eigenvalue weighted by Gasteiger charge is -2.26. The number of aromatic nitrogens is 2. The van der Waals surface area contributed by atoms with Gasteiger partial charge in [-0.05, 0) is 55.7 Å². The van der Waals surface area contributed by atoms with E-state index >= 15 is 0 Å². The number of hydrogen-bond donors (Lipinski definition) is 0. The third-order valence-electron chi connectivity index (χ3n) is 6.86. The molecule has 2 aliphatic heterocycles. The third-order valence-corrected chi connectivity index (χ3v) is 6.86. The van der Waals surface area contributed by atoms with Crippen LogP contribution in [0.1, 0.15) is 38.4 Å². The molecule has 1 atom stereocenters. The summed E-state index contributed by atoms with van der Waals surface area (Å²) in [6.45, 7) is 3.93. The number of para-hydroxylation sites is 2.